The van der Waals surface area contributed by atoms with Gasteiger partial charge >= 0.3 is 0 Å². The second kappa shape index (κ2) is 7.95. The SMILES string of the molecule is O=S1(=O)CC[C@H](Nc2ccc(Nc3ncc4c5ccncc5n(C5CCCC5)c4n3)nc2)C1. The highest BCUT2D eigenvalue weighted by Crippen LogP contribution is 2.37. The third kappa shape index (κ3) is 3.88. The molecule has 1 saturated carbocycles. The Balaban J connectivity index is 1.27. The lowest BCUT2D eigenvalue weighted by Crippen LogP contribution is -2.20. The van der Waals surface area contributed by atoms with E-state index in [9.17, 15) is 8.42 Å². The van der Waals surface area contributed by atoms with Gasteiger partial charge < -0.3 is 15.2 Å². The number of nitrogens with zero attached hydrogens (tertiary/aromatic N) is 5. The van der Waals surface area contributed by atoms with Crippen molar-refractivity contribution in [1.82, 2.24) is 24.5 Å². The molecule has 170 valence electrons. The van der Waals surface area contributed by atoms with Gasteiger partial charge in [-0.05, 0) is 37.5 Å². The van der Waals surface area contributed by atoms with Crippen LogP contribution >= 0.6 is 0 Å². The van der Waals surface area contributed by atoms with Gasteiger partial charge in [0.15, 0.2) is 9.84 Å². The monoisotopic (exact) mass is 463 g/mol. The summed E-state index contributed by atoms with van der Waals surface area (Å²) < 4.78 is 25.7. The largest absolute Gasteiger partial charge is 0.380 e. The Bertz CT molecular complexity index is 1430. The topological polar surface area (TPSA) is 115 Å². The van der Waals surface area contributed by atoms with Gasteiger partial charge in [0.25, 0.3) is 0 Å². The second-order valence-corrected chi connectivity index (χ2v) is 11.2. The first-order valence-electron chi connectivity index (χ1n) is 11.4. The minimum atomic E-state index is -2.92. The number of hydrogen-bond acceptors (Lipinski definition) is 8. The maximum absolute atomic E-state index is 11.7. The highest BCUT2D eigenvalue weighted by Gasteiger charge is 2.27. The normalized spacial score (nSPS) is 20.5. The van der Waals surface area contributed by atoms with Crippen molar-refractivity contribution in [2.24, 2.45) is 0 Å². The van der Waals surface area contributed by atoms with E-state index in [-0.39, 0.29) is 17.5 Å². The van der Waals surface area contributed by atoms with Crippen LogP contribution in [0.2, 0.25) is 0 Å². The Morgan fingerprint density at radius 1 is 0.970 bits per heavy atom. The van der Waals surface area contributed by atoms with Crippen LogP contribution in [0.25, 0.3) is 21.9 Å². The zero-order valence-corrected chi connectivity index (χ0v) is 18.9. The maximum atomic E-state index is 11.7. The number of fused-ring (bicyclic) bond motifs is 3. The Labute approximate surface area is 191 Å². The summed E-state index contributed by atoms with van der Waals surface area (Å²) >= 11 is 0. The van der Waals surface area contributed by atoms with E-state index in [4.69, 9.17) is 4.98 Å². The summed E-state index contributed by atoms with van der Waals surface area (Å²) in [6.45, 7) is 0. The molecule has 0 radical (unpaired) electrons. The molecule has 0 aromatic carbocycles. The first-order chi connectivity index (χ1) is 16.1. The van der Waals surface area contributed by atoms with Gasteiger partial charge in [0, 0.05) is 35.2 Å². The molecule has 0 amide bonds. The summed E-state index contributed by atoms with van der Waals surface area (Å²) in [5.41, 5.74) is 2.82. The molecule has 2 aliphatic rings. The van der Waals surface area contributed by atoms with Crippen molar-refractivity contribution in [2.45, 2.75) is 44.2 Å². The zero-order valence-electron chi connectivity index (χ0n) is 18.1. The molecule has 5 heterocycles. The molecule has 4 aromatic rings. The average molecular weight is 464 g/mol. The Morgan fingerprint density at radius 3 is 2.61 bits per heavy atom. The summed E-state index contributed by atoms with van der Waals surface area (Å²) in [6, 6.07) is 6.13. The third-order valence-electron chi connectivity index (χ3n) is 6.64. The molecule has 2 fully saturated rings. The second-order valence-electron chi connectivity index (χ2n) is 8.93. The summed E-state index contributed by atoms with van der Waals surface area (Å²) in [5.74, 6) is 1.54. The lowest BCUT2D eigenvalue weighted by atomic mass is 10.2. The number of hydrogen-bond donors (Lipinski definition) is 2. The highest BCUT2D eigenvalue weighted by atomic mass is 32.2. The van der Waals surface area contributed by atoms with Gasteiger partial charge in [-0.1, -0.05) is 12.8 Å². The van der Waals surface area contributed by atoms with Crippen LogP contribution in [0.4, 0.5) is 17.5 Å². The lowest BCUT2D eigenvalue weighted by molar-refractivity contribution is 0.546. The first-order valence-corrected chi connectivity index (χ1v) is 13.2. The standard InChI is InChI=1S/C23H25N7O2S/c31-33(32)10-8-16(14-33)27-15-5-6-21(25-11-15)28-23-26-12-19-18-7-9-24-13-20(18)30(22(19)29-23)17-3-1-2-4-17/h5-7,9,11-13,16-17,27H,1-4,8,10,14H2,(H,25,26,28,29)/t16-/m0/s1. The van der Waals surface area contributed by atoms with Crippen LogP contribution in [-0.4, -0.2) is 50.5 Å². The van der Waals surface area contributed by atoms with Crippen molar-refractivity contribution in [1.29, 1.82) is 0 Å². The van der Waals surface area contributed by atoms with E-state index < -0.39 is 9.84 Å². The molecule has 1 atom stereocenters. The van der Waals surface area contributed by atoms with Crippen molar-refractivity contribution in [2.75, 3.05) is 22.1 Å². The molecule has 6 rings (SSSR count). The summed E-state index contributed by atoms with van der Waals surface area (Å²) in [6.07, 6.45) is 12.7. The lowest BCUT2D eigenvalue weighted by Gasteiger charge is -2.15. The van der Waals surface area contributed by atoms with Gasteiger partial charge in [0.1, 0.15) is 11.5 Å². The molecular formula is C23H25N7O2S. The van der Waals surface area contributed by atoms with Crippen LogP contribution in [0, 0.1) is 0 Å². The fraction of sp³-hybridized carbons (Fsp3) is 0.391. The molecule has 1 saturated heterocycles. The molecule has 1 aliphatic heterocycles. The van der Waals surface area contributed by atoms with Gasteiger partial charge in [-0.2, -0.15) is 4.98 Å². The van der Waals surface area contributed by atoms with Crippen LogP contribution in [0.15, 0.2) is 43.0 Å². The van der Waals surface area contributed by atoms with Crippen molar-refractivity contribution >= 4 is 49.2 Å². The smallest absolute Gasteiger partial charge is 0.230 e. The molecule has 4 aromatic heterocycles. The molecule has 2 N–H and O–H groups in total. The Morgan fingerprint density at radius 2 is 1.85 bits per heavy atom. The van der Waals surface area contributed by atoms with Crippen molar-refractivity contribution < 1.29 is 8.42 Å². The highest BCUT2D eigenvalue weighted by molar-refractivity contribution is 7.91. The number of aromatic nitrogens is 5. The van der Waals surface area contributed by atoms with Crippen LogP contribution in [0.5, 0.6) is 0 Å². The van der Waals surface area contributed by atoms with Crippen molar-refractivity contribution in [3.8, 4) is 0 Å². The molecule has 10 heteroatoms. The predicted molar refractivity (Wildman–Crippen MR) is 129 cm³/mol. The minimum Gasteiger partial charge on any atom is -0.380 e. The van der Waals surface area contributed by atoms with E-state index in [1.807, 2.05) is 36.8 Å². The molecule has 0 unspecified atom stereocenters. The summed E-state index contributed by atoms with van der Waals surface area (Å²) in [4.78, 5) is 18.2. The van der Waals surface area contributed by atoms with Gasteiger partial charge in [0.05, 0.1) is 35.1 Å². The zero-order chi connectivity index (χ0) is 22.4. The first kappa shape index (κ1) is 20.3. The number of nitrogens with one attached hydrogen (secondary N) is 2. The van der Waals surface area contributed by atoms with Gasteiger partial charge in [-0.25, -0.2) is 18.4 Å². The fourth-order valence-electron chi connectivity index (χ4n) is 5.07. The van der Waals surface area contributed by atoms with Crippen LogP contribution in [-0.2, 0) is 9.84 Å². The number of pyridine rings is 2. The Hall–Kier alpha value is -3.27. The Kier molecular flexibility index (Phi) is 4.90. The van der Waals surface area contributed by atoms with Gasteiger partial charge in [0.2, 0.25) is 5.95 Å². The number of anilines is 3. The fourth-order valence-corrected chi connectivity index (χ4v) is 6.74. The third-order valence-corrected chi connectivity index (χ3v) is 8.41. The minimum absolute atomic E-state index is 0.0617. The van der Waals surface area contributed by atoms with Gasteiger partial charge in [-0.3, -0.25) is 4.98 Å². The van der Waals surface area contributed by atoms with Gasteiger partial charge in [-0.15, -0.1) is 0 Å². The van der Waals surface area contributed by atoms with E-state index in [1.54, 1.807) is 6.20 Å². The summed E-state index contributed by atoms with van der Waals surface area (Å²) in [7, 11) is -2.92. The maximum Gasteiger partial charge on any atom is 0.230 e. The van der Waals surface area contributed by atoms with Crippen molar-refractivity contribution in [3.05, 3.63) is 43.0 Å². The quantitative estimate of drug-likeness (QED) is 0.459. The van der Waals surface area contributed by atoms with E-state index in [1.165, 1.54) is 12.8 Å². The van der Waals surface area contributed by atoms with E-state index in [2.05, 4.69) is 30.2 Å². The molecular weight excluding hydrogens is 438 g/mol. The predicted octanol–water partition coefficient (Wildman–Crippen LogP) is 3.83. The van der Waals surface area contributed by atoms with E-state index in [0.717, 1.165) is 40.5 Å². The van der Waals surface area contributed by atoms with E-state index >= 15 is 0 Å². The molecule has 33 heavy (non-hydrogen) atoms. The van der Waals surface area contributed by atoms with Crippen LogP contribution in [0.3, 0.4) is 0 Å². The molecule has 0 bridgehead atoms. The number of rotatable bonds is 5. The van der Waals surface area contributed by atoms with E-state index in [0.29, 0.717) is 24.2 Å². The van der Waals surface area contributed by atoms with Crippen molar-refractivity contribution in [3.63, 3.8) is 0 Å². The van der Waals surface area contributed by atoms with Crippen LogP contribution in [0.1, 0.15) is 38.1 Å². The number of sulfone groups is 1. The molecule has 1 aliphatic carbocycles. The molecule has 0 spiro atoms. The molecule has 9 nitrogen and oxygen atoms in total. The summed E-state index contributed by atoms with van der Waals surface area (Å²) in [5, 5.41) is 8.62. The average Bonchev–Trinajstić information content (AvgIpc) is 3.52. The van der Waals surface area contributed by atoms with Crippen LogP contribution < -0.4 is 10.6 Å².